The van der Waals surface area contributed by atoms with Gasteiger partial charge in [-0.2, -0.15) is 33.6 Å². The van der Waals surface area contributed by atoms with Gasteiger partial charge in [0.1, 0.15) is 0 Å². The van der Waals surface area contributed by atoms with Crippen LogP contribution in [0.2, 0.25) is 5.02 Å². The van der Waals surface area contributed by atoms with E-state index in [1.807, 2.05) is 12.1 Å². The van der Waals surface area contributed by atoms with Gasteiger partial charge in [-0.25, -0.2) is 0 Å². The Balaban J connectivity index is 1.16. The van der Waals surface area contributed by atoms with Gasteiger partial charge in [0.05, 0.1) is 5.54 Å². The number of amides is 3. The van der Waals surface area contributed by atoms with Crippen molar-refractivity contribution in [2.45, 2.75) is 38.4 Å². The highest BCUT2D eigenvalue weighted by Crippen LogP contribution is 2.48. The summed E-state index contributed by atoms with van der Waals surface area (Å²) in [6, 6.07) is 21.3. The van der Waals surface area contributed by atoms with E-state index in [1.165, 1.54) is 12.1 Å². The second-order valence-electron chi connectivity index (χ2n) is 12.5. The maximum absolute atomic E-state index is 12.9. The molecular weight excluding hydrogens is 693 g/mol. The molecule has 1 fully saturated rings. The van der Waals surface area contributed by atoms with Crippen molar-refractivity contribution >= 4 is 46.9 Å². The Morgan fingerprint density at radius 1 is 0.824 bits per heavy atom. The monoisotopic (exact) mass is 726 g/mol. The van der Waals surface area contributed by atoms with Crippen LogP contribution >= 0.6 is 11.6 Å². The average Bonchev–Trinajstić information content (AvgIpc) is 3.88. The summed E-state index contributed by atoms with van der Waals surface area (Å²) in [7, 11) is 0. The fourth-order valence-electron chi connectivity index (χ4n) is 4.63. The van der Waals surface area contributed by atoms with Crippen LogP contribution in [0, 0.1) is 5.41 Å². The Hall–Kier alpha value is -5.64. The number of benzene rings is 3. The van der Waals surface area contributed by atoms with Crippen molar-refractivity contribution in [3.05, 3.63) is 95.0 Å². The summed E-state index contributed by atoms with van der Waals surface area (Å²) in [5.74, 6) is -2.00. The Bertz CT molecular complexity index is 1840. The van der Waals surface area contributed by atoms with Crippen molar-refractivity contribution in [2.24, 2.45) is 5.41 Å². The average molecular weight is 727 g/mol. The van der Waals surface area contributed by atoms with Crippen molar-refractivity contribution in [3.8, 4) is 11.8 Å². The number of rotatable bonds is 14. The van der Waals surface area contributed by atoms with Gasteiger partial charge >= 0.3 is 24.0 Å². The molecule has 0 aliphatic heterocycles. The van der Waals surface area contributed by atoms with Gasteiger partial charge in [0.2, 0.25) is 11.9 Å². The van der Waals surface area contributed by atoms with Gasteiger partial charge in [-0.3, -0.25) is 14.4 Å². The molecule has 0 radical (unpaired) electrons. The Morgan fingerprint density at radius 3 is 2.12 bits per heavy atom. The number of halogens is 4. The molecule has 0 bridgehead atoms. The first-order chi connectivity index (χ1) is 24.2. The summed E-state index contributed by atoms with van der Waals surface area (Å²) in [4.78, 5) is 54.6. The van der Waals surface area contributed by atoms with E-state index in [9.17, 15) is 27.6 Å². The van der Waals surface area contributed by atoms with Crippen LogP contribution in [0.4, 0.5) is 30.8 Å². The lowest BCUT2D eigenvalue weighted by molar-refractivity contribution is -0.154. The molecule has 0 spiro atoms. The lowest BCUT2D eigenvalue weighted by Crippen LogP contribution is -2.47. The fourth-order valence-corrected chi connectivity index (χ4v) is 4.76. The SMILES string of the molecule is CC(C)(CNC(=O)C(=O)NOc1ccccc1)CNC(=O)c1ccc(Nc2nc(NC3(c4ccc(Cl)cc4)CC3)nc(OCC(F)(F)F)n2)cc1. The largest absolute Gasteiger partial charge is 0.454 e. The number of ether oxygens (including phenoxy) is 1. The van der Waals surface area contributed by atoms with Crippen molar-refractivity contribution < 1.29 is 37.1 Å². The van der Waals surface area contributed by atoms with E-state index in [4.69, 9.17) is 21.2 Å². The maximum Gasteiger partial charge on any atom is 0.422 e. The highest BCUT2D eigenvalue weighted by Gasteiger charge is 2.45. The van der Waals surface area contributed by atoms with E-state index in [1.54, 1.807) is 68.4 Å². The molecule has 5 N–H and O–H groups in total. The molecule has 1 aliphatic carbocycles. The zero-order valence-corrected chi connectivity index (χ0v) is 28.2. The standard InChI is InChI=1S/C34H34ClF3N8O5/c1-32(2,19-40-27(48)28(49)46-51-25-6-4-3-5-7-25)18-39-26(47)21-8-14-24(15-9-21)41-29-42-30(44-31(43-29)50-20-34(36,37)38)45-33(16-17-33)22-10-12-23(35)13-11-22/h3-15H,16-20H2,1-2H3,(H,39,47)(H,40,48)(H,46,49)(H2,41,42,43,44,45). The molecule has 1 saturated carbocycles. The first-order valence-electron chi connectivity index (χ1n) is 15.6. The normalized spacial score (nSPS) is 13.4. The zero-order valence-electron chi connectivity index (χ0n) is 27.4. The topological polar surface area (TPSA) is 168 Å². The Kier molecular flexibility index (Phi) is 11.1. The van der Waals surface area contributed by atoms with Crippen LogP contribution < -0.4 is 36.3 Å². The van der Waals surface area contributed by atoms with Gasteiger partial charge in [-0.1, -0.05) is 55.8 Å². The van der Waals surface area contributed by atoms with Crippen LogP contribution in [0.3, 0.4) is 0 Å². The third kappa shape index (κ3) is 10.9. The molecule has 268 valence electrons. The smallest absolute Gasteiger partial charge is 0.422 e. The molecule has 0 atom stereocenters. The number of nitrogens with zero attached hydrogens (tertiary/aromatic N) is 3. The zero-order chi connectivity index (χ0) is 36.6. The number of nitrogens with one attached hydrogen (secondary N) is 5. The lowest BCUT2D eigenvalue weighted by atomic mass is 9.93. The van der Waals surface area contributed by atoms with Crippen molar-refractivity contribution in [1.82, 2.24) is 31.1 Å². The third-order valence-electron chi connectivity index (χ3n) is 7.55. The number of hydrogen-bond donors (Lipinski definition) is 5. The predicted molar refractivity (Wildman–Crippen MR) is 181 cm³/mol. The first kappa shape index (κ1) is 36.6. The van der Waals surface area contributed by atoms with Crippen LogP contribution in [0.25, 0.3) is 0 Å². The fraction of sp³-hybridized carbons (Fsp3) is 0.294. The van der Waals surface area contributed by atoms with Gasteiger partial charge in [0, 0.05) is 29.4 Å². The molecule has 51 heavy (non-hydrogen) atoms. The van der Waals surface area contributed by atoms with E-state index in [-0.39, 0.29) is 25.0 Å². The second-order valence-corrected chi connectivity index (χ2v) is 12.9. The van der Waals surface area contributed by atoms with Crippen molar-refractivity contribution in [1.29, 1.82) is 0 Å². The molecule has 1 aliphatic rings. The molecule has 4 aromatic rings. The highest BCUT2D eigenvalue weighted by atomic mass is 35.5. The first-order valence-corrected chi connectivity index (χ1v) is 16.0. The Morgan fingerprint density at radius 2 is 1.47 bits per heavy atom. The minimum atomic E-state index is -4.61. The van der Waals surface area contributed by atoms with Crippen molar-refractivity contribution in [2.75, 3.05) is 30.3 Å². The van der Waals surface area contributed by atoms with Gasteiger partial charge in [0.15, 0.2) is 12.4 Å². The molecule has 17 heteroatoms. The summed E-state index contributed by atoms with van der Waals surface area (Å²) in [6.07, 6.45) is -3.14. The number of carbonyl (C=O) groups is 3. The molecule has 13 nitrogen and oxygen atoms in total. The van der Waals surface area contributed by atoms with E-state index in [2.05, 4.69) is 41.7 Å². The van der Waals surface area contributed by atoms with Gasteiger partial charge in [0.25, 0.3) is 5.91 Å². The molecule has 3 amide bonds. The predicted octanol–water partition coefficient (Wildman–Crippen LogP) is 5.29. The van der Waals surface area contributed by atoms with E-state index in [0.29, 0.717) is 22.0 Å². The summed E-state index contributed by atoms with van der Waals surface area (Å²) in [6.45, 7) is 2.23. The number of hydroxylamine groups is 1. The minimum absolute atomic E-state index is 0.00748. The highest BCUT2D eigenvalue weighted by molar-refractivity contribution is 6.34. The Labute approximate surface area is 295 Å². The summed E-state index contributed by atoms with van der Waals surface area (Å²) < 4.78 is 43.6. The molecule has 1 heterocycles. The quantitative estimate of drug-likeness (QED) is 0.0851. The second kappa shape index (κ2) is 15.5. The lowest BCUT2D eigenvalue weighted by Gasteiger charge is -2.25. The van der Waals surface area contributed by atoms with E-state index >= 15 is 0 Å². The third-order valence-corrected chi connectivity index (χ3v) is 7.80. The van der Waals surface area contributed by atoms with Gasteiger partial charge in [-0.15, -0.1) is 0 Å². The molecule has 0 unspecified atom stereocenters. The molecular formula is C34H34ClF3N8O5. The summed E-state index contributed by atoms with van der Waals surface area (Å²) in [5, 5.41) is 12.0. The van der Waals surface area contributed by atoms with Crippen LogP contribution in [0.5, 0.6) is 11.8 Å². The molecule has 0 saturated heterocycles. The summed E-state index contributed by atoms with van der Waals surface area (Å²) in [5.41, 5.74) is 2.58. The number of anilines is 3. The molecule has 1 aromatic heterocycles. The van der Waals surface area contributed by atoms with Crippen molar-refractivity contribution in [3.63, 3.8) is 0 Å². The van der Waals surface area contributed by atoms with Gasteiger partial charge in [-0.05, 0) is 72.4 Å². The maximum atomic E-state index is 12.9. The molecule has 3 aromatic carbocycles. The number of para-hydroxylation sites is 1. The minimum Gasteiger partial charge on any atom is -0.454 e. The van der Waals surface area contributed by atoms with E-state index < -0.39 is 47.5 Å². The van der Waals surface area contributed by atoms with Crippen LogP contribution in [-0.2, 0) is 15.1 Å². The van der Waals surface area contributed by atoms with Crippen LogP contribution in [0.1, 0.15) is 42.6 Å². The molecule has 5 rings (SSSR count). The number of hydrogen-bond acceptors (Lipinski definition) is 10. The van der Waals surface area contributed by atoms with E-state index in [0.717, 1.165) is 18.4 Å². The summed E-state index contributed by atoms with van der Waals surface area (Å²) >= 11 is 6.03. The van der Waals surface area contributed by atoms with Crippen LogP contribution in [0.15, 0.2) is 78.9 Å². The number of aromatic nitrogens is 3. The van der Waals surface area contributed by atoms with Crippen LogP contribution in [-0.4, -0.2) is 58.5 Å². The van der Waals surface area contributed by atoms with Gasteiger partial charge < -0.3 is 30.8 Å². The number of carbonyl (C=O) groups excluding carboxylic acids is 3. The number of alkyl halides is 3.